The van der Waals surface area contributed by atoms with E-state index in [1.807, 2.05) is 24.3 Å². The fourth-order valence-electron chi connectivity index (χ4n) is 5.03. The zero-order chi connectivity index (χ0) is 23.3. The number of Topliss-reactive ketones (excluding diaryl/α,β-unsaturated/α-hetero) is 1. The molecule has 0 unspecified atom stereocenters. The molecule has 2 aromatic rings. The van der Waals surface area contributed by atoms with E-state index in [4.69, 9.17) is 10.4 Å². The average Bonchev–Trinajstić information content (AvgIpc) is 2.89. The van der Waals surface area contributed by atoms with Gasteiger partial charge in [-0.05, 0) is 87.1 Å². The Hall–Kier alpha value is -3.28. The lowest BCUT2D eigenvalue weighted by Crippen LogP contribution is -2.32. The Balaban J connectivity index is 1.30. The normalized spacial score (nSPS) is 22.0. The first kappa shape index (κ1) is 22.5. The maximum absolute atomic E-state index is 12.6. The first-order valence-electron chi connectivity index (χ1n) is 12.6. The molecular weight excluding hydrogens is 422 g/mol. The minimum absolute atomic E-state index is 0.0649. The highest BCUT2D eigenvalue weighted by atomic mass is 16.1. The number of ketones is 1. The second-order valence-electron chi connectivity index (χ2n) is 9.50. The van der Waals surface area contributed by atoms with E-state index >= 15 is 0 Å². The molecule has 0 radical (unpaired) electrons. The van der Waals surface area contributed by atoms with Gasteiger partial charge >= 0.3 is 0 Å². The number of nitrogens with one attached hydrogen (secondary N) is 1. The van der Waals surface area contributed by atoms with E-state index in [1.165, 1.54) is 49.9 Å². The van der Waals surface area contributed by atoms with Gasteiger partial charge in [-0.3, -0.25) is 9.79 Å². The van der Waals surface area contributed by atoms with E-state index in [0.717, 1.165) is 37.6 Å². The molecule has 0 bridgehead atoms. The summed E-state index contributed by atoms with van der Waals surface area (Å²) in [6.45, 7) is 4.43. The first-order valence-corrected chi connectivity index (χ1v) is 12.6. The van der Waals surface area contributed by atoms with Crippen LogP contribution in [-0.2, 0) is 4.79 Å². The van der Waals surface area contributed by atoms with Crippen molar-refractivity contribution < 1.29 is 4.79 Å². The van der Waals surface area contributed by atoms with Crippen LogP contribution in [0.1, 0.15) is 51.4 Å². The number of hydrogen-bond donors (Lipinski definition) is 1. The molecule has 3 fully saturated rings. The summed E-state index contributed by atoms with van der Waals surface area (Å²) in [5.41, 5.74) is 5.47. The van der Waals surface area contributed by atoms with Gasteiger partial charge in [-0.15, -0.1) is 0 Å². The van der Waals surface area contributed by atoms with Gasteiger partial charge in [-0.2, -0.15) is 0 Å². The van der Waals surface area contributed by atoms with Crippen LogP contribution < -0.4 is 9.80 Å². The van der Waals surface area contributed by atoms with E-state index in [-0.39, 0.29) is 12.2 Å². The van der Waals surface area contributed by atoms with Crippen molar-refractivity contribution in [2.45, 2.75) is 51.4 Å². The number of anilines is 2. The predicted octanol–water partition coefficient (Wildman–Crippen LogP) is 5.90. The summed E-state index contributed by atoms with van der Waals surface area (Å²) >= 11 is 0. The molecule has 2 heterocycles. The van der Waals surface area contributed by atoms with E-state index in [9.17, 15) is 4.79 Å². The largest absolute Gasteiger partial charge is 0.372 e. The number of aliphatic imine (C=N–C) groups is 2. The lowest BCUT2D eigenvalue weighted by molar-refractivity contribution is -0.112. The molecule has 34 heavy (non-hydrogen) atoms. The molecule has 1 N–H and O–H groups in total. The number of carbonyl (C=O) groups is 1. The van der Waals surface area contributed by atoms with Crippen LogP contribution in [0.25, 0.3) is 0 Å². The molecule has 3 aliphatic rings. The van der Waals surface area contributed by atoms with Crippen LogP contribution in [-0.4, -0.2) is 49.1 Å². The molecule has 0 amide bonds. The second-order valence-corrected chi connectivity index (χ2v) is 9.50. The Morgan fingerprint density at radius 1 is 0.588 bits per heavy atom. The highest BCUT2D eigenvalue weighted by molar-refractivity contribution is 6.61. The lowest BCUT2D eigenvalue weighted by Gasteiger charge is -2.28. The molecule has 6 heteroatoms. The van der Waals surface area contributed by atoms with E-state index in [0.29, 0.717) is 23.6 Å². The van der Waals surface area contributed by atoms with Gasteiger partial charge in [0.15, 0.2) is 5.78 Å². The summed E-state index contributed by atoms with van der Waals surface area (Å²) in [5.74, 6) is -0.0792. The van der Waals surface area contributed by atoms with Crippen molar-refractivity contribution in [1.82, 2.24) is 0 Å². The first-order chi connectivity index (χ1) is 16.7. The van der Waals surface area contributed by atoms with E-state index < -0.39 is 0 Å². The molecule has 0 atom stereocenters. The minimum atomic E-state index is -0.0792. The van der Waals surface area contributed by atoms with Crippen LogP contribution in [0.2, 0.25) is 0 Å². The van der Waals surface area contributed by atoms with Crippen LogP contribution in [0, 0.1) is 5.41 Å². The van der Waals surface area contributed by atoms with Crippen molar-refractivity contribution in [3.8, 4) is 0 Å². The Morgan fingerprint density at radius 3 is 1.50 bits per heavy atom. The molecular formula is C28H33N5O. The number of benzene rings is 2. The zero-order valence-corrected chi connectivity index (χ0v) is 19.8. The topological polar surface area (TPSA) is 72.1 Å². The number of nitrogens with zero attached hydrogens (tertiary/aromatic N) is 4. The SMILES string of the molecule is N=C1CC(=O)C(=Nc2ccc(N3CCCCC3)cc2)CC1=Nc1ccc(N2CCCCC2)cc1. The van der Waals surface area contributed by atoms with Crippen molar-refractivity contribution in [2.75, 3.05) is 36.0 Å². The summed E-state index contributed by atoms with van der Waals surface area (Å²) in [7, 11) is 0. The van der Waals surface area contributed by atoms with Gasteiger partial charge in [-0.1, -0.05) is 0 Å². The van der Waals surface area contributed by atoms with E-state index in [2.05, 4.69) is 39.1 Å². The third-order valence-corrected chi connectivity index (χ3v) is 7.01. The van der Waals surface area contributed by atoms with Gasteiger partial charge in [0.2, 0.25) is 0 Å². The summed E-state index contributed by atoms with van der Waals surface area (Å²) in [5, 5.41) is 8.32. The number of rotatable bonds is 4. The quantitative estimate of drug-likeness (QED) is 0.624. The van der Waals surface area contributed by atoms with Crippen LogP contribution in [0.15, 0.2) is 58.5 Å². The molecule has 2 saturated heterocycles. The highest BCUT2D eigenvalue weighted by Gasteiger charge is 2.26. The molecule has 2 aromatic carbocycles. The standard InChI is InChI=1S/C28H33N5O/c29-25-19-28(34)27(31-22-9-13-24(14-10-22)33-17-5-2-6-18-33)20-26(25)30-21-7-11-23(12-8-21)32-15-3-1-4-16-32/h7-14,29H,1-6,15-20H2. The van der Waals surface area contributed by atoms with Crippen molar-refractivity contribution in [2.24, 2.45) is 9.98 Å². The summed E-state index contributed by atoms with van der Waals surface area (Å²) in [6, 6.07) is 16.4. The Morgan fingerprint density at radius 2 is 1.03 bits per heavy atom. The van der Waals surface area contributed by atoms with Crippen molar-refractivity contribution >= 4 is 45.7 Å². The fourth-order valence-corrected chi connectivity index (χ4v) is 5.03. The maximum atomic E-state index is 12.6. The van der Waals surface area contributed by atoms with Gasteiger partial charge < -0.3 is 15.2 Å². The van der Waals surface area contributed by atoms with Gasteiger partial charge in [-0.25, -0.2) is 4.99 Å². The number of hydrogen-bond acceptors (Lipinski definition) is 6. The molecule has 1 saturated carbocycles. The maximum Gasteiger partial charge on any atom is 0.183 e. The van der Waals surface area contributed by atoms with Crippen LogP contribution in [0.4, 0.5) is 22.7 Å². The number of carbonyl (C=O) groups excluding carboxylic acids is 1. The lowest BCUT2D eigenvalue weighted by atomic mass is 9.93. The van der Waals surface area contributed by atoms with Crippen molar-refractivity contribution in [3.63, 3.8) is 0 Å². The van der Waals surface area contributed by atoms with Crippen molar-refractivity contribution in [3.05, 3.63) is 48.5 Å². The predicted molar refractivity (Wildman–Crippen MR) is 141 cm³/mol. The van der Waals surface area contributed by atoms with E-state index in [1.54, 1.807) is 0 Å². The second kappa shape index (κ2) is 10.3. The summed E-state index contributed by atoms with van der Waals surface area (Å²) in [6.07, 6.45) is 7.98. The summed E-state index contributed by atoms with van der Waals surface area (Å²) in [4.78, 5) is 26.8. The molecule has 0 spiro atoms. The minimum Gasteiger partial charge on any atom is -0.372 e. The smallest absolute Gasteiger partial charge is 0.183 e. The Kier molecular flexibility index (Phi) is 6.84. The highest BCUT2D eigenvalue weighted by Crippen LogP contribution is 2.26. The third-order valence-electron chi connectivity index (χ3n) is 7.01. The molecule has 5 rings (SSSR count). The average molecular weight is 456 g/mol. The van der Waals surface area contributed by atoms with Crippen molar-refractivity contribution in [1.29, 1.82) is 5.41 Å². The van der Waals surface area contributed by atoms with Gasteiger partial charge in [0, 0.05) is 44.0 Å². The third kappa shape index (κ3) is 5.27. The van der Waals surface area contributed by atoms with Gasteiger partial charge in [0.1, 0.15) is 0 Å². The van der Waals surface area contributed by atoms with Gasteiger partial charge in [0.05, 0.1) is 34.9 Å². The Bertz CT molecular complexity index is 1000. The fraction of sp³-hybridized carbons (Fsp3) is 0.429. The monoisotopic (exact) mass is 455 g/mol. The molecule has 6 nitrogen and oxygen atoms in total. The Labute approximate surface area is 201 Å². The zero-order valence-electron chi connectivity index (χ0n) is 19.8. The van der Waals surface area contributed by atoms with Crippen LogP contribution in [0.5, 0.6) is 0 Å². The molecule has 1 aliphatic carbocycles. The summed E-state index contributed by atoms with van der Waals surface area (Å²) < 4.78 is 0. The van der Waals surface area contributed by atoms with Gasteiger partial charge in [0.25, 0.3) is 0 Å². The van der Waals surface area contributed by atoms with Crippen LogP contribution >= 0.6 is 0 Å². The van der Waals surface area contributed by atoms with Crippen LogP contribution in [0.3, 0.4) is 0 Å². The molecule has 0 aromatic heterocycles. The number of piperidine rings is 2. The molecule has 176 valence electrons. The molecule has 2 aliphatic heterocycles.